The zero-order valence-corrected chi connectivity index (χ0v) is 34.4. The summed E-state index contributed by atoms with van der Waals surface area (Å²) < 4.78 is 7.46. The van der Waals surface area contributed by atoms with E-state index >= 15 is 0 Å². The van der Waals surface area contributed by atoms with Gasteiger partial charge in [-0.15, -0.1) is 5.10 Å². The molecule has 4 fully saturated rings. The van der Waals surface area contributed by atoms with Crippen molar-refractivity contribution in [3.8, 4) is 11.8 Å². The molecule has 1 saturated carbocycles. The van der Waals surface area contributed by atoms with Gasteiger partial charge in [0.1, 0.15) is 29.5 Å². The minimum Gasteiger partial charge on any atom is -0.489 e. The molecule has 0 spiro atoms. The molecule has 8 rings (SSSR count). The molecular weight excluding hydrogens is 774 g/mol. The molecule has 16 nitrogen and oxygen atoms in total. The van der Waals surface area contributed by atoms with Crippen LogP contribution in [0.25, 0.3) is 10.9 Å². The molecule has 1 aliphatic carbocycles. The number of imide groups is 1. The summed E-state index contributed by atoms with van der Waals surface area (Å²) in [4.78, 5) is 67.0. The lowest BCUT2D eigenvalue weighted by Crippen LogP contribution is -2.74. The highest BCUT2D eigenvalue weighted by molar-refractivity contribution is 6.31. The standard InChI is InChI=1S/C42H48ClN11O5/c1-41(2)38(42(3,4)39(41)59-29-7-5-26(21-44)31(43)20-29)48-35(56)27-22-45-40(46-23-27)53-17-15-51(16-18-53)24-25-11-13-52(14-12-25)28-6-8-32-30(19-28)37(58)54(50-49-32)33-9-10-34(55)47-36(33)57/h5-8,19-20,22-23,25,33,38-39H,9-18,24H2,1-4H3,(H,48,56)(H,47,55,57). The fourth-order valence-corrected chi connectivity index (χ4v) is 9.85. The van der Waals surface area contributed by atoms with Gasteiger partial charge in [-0.05, 0) is 55.5 Å². The highest BCUT2D eigenvalue weighted by atomic mass is 35.5. The first-order valence-corrected chi connectivity index (χ1v) is 20.5. The van der Waals surface area contributed by atoms with Gasteiger partial charge in [-0.3, -0.25) is 29.4 Å². The number of nitrogens with one attached hydrogen (secondary N) is 2. The molecule has 0 bridgehead atoms. The Morgan fingerprint density at radius 3 is 2.32 bits per heavy atom. The summed E-state index contributed by atoms with van der Waals surface area (Å²) in [7, 11) is 0. The van der Waals surface area contributed by atoms with E-state index in [0.717, 1.165) is 69.0 Å². The van der Waals surface area contributed by atoms with E-state index in [4.69, 9.17) is 16.3 Å². The number of carbonyl (C=O) groups is 3. The van der Waals surface area contributed by atoms with Crippen molar-refractivity contribution in [1.29, 1.82) is 5.26 Å². The van der Waals surface area contributed by atoms with Crippen LogP contribution in [-0.2, 0) is 9.59 Å². The van der Waals surface area contributed by atoms with Crippen LogP contribution in [0.3, 0.4) is 0 Å². The van der Waals surface area contributed by atoms with Crippen LogP contribution >= 0.6 is 11.6 Å². The molecule has 3 saturated heterocycles. The van der Waals surface area contributed by atoms with E-state index in [1.165, 1.54) is 0 Å². The zero-order valence-electron chi connectivity index (χ0n) is 33.7. The van der Waals surface area contributed by atoms with Crippen LogP contribution < -0.4 is 30.7 Å². The summed E-state index contributed by atoms with van der Waals surface area (Å²) in [6.45, 7) is 14.4. The van der Waals surface area contributed by atoms with E-state index < -0.39 is 11.9 Å². The molecule has 308 valence electrons. The number of rotatable bonds is 9. The number of piperazine rings is 1. The number of anilines is 2. The molecule has 4 aromatic rings. The zero-order chi connectivity index (χ0) is 41.6. The maximum atomic E-state index is 13.4. The van der Waals surface area contributed by atoms with Gasteiger partial charge < -0.3 is 19.9 Å². The topological polar surface area (TPSA) is 192 Å². The van der Waals surface area contributed by atoms with Gasteiger partial charge in [-0.25, -0.2) is 9.97 Å². The first kappa shape index (κ1) is 40.1. The van der Waals surface area contributed by atoms with Gasteiger partial charge in [-0.2, -0.15) is 9.94 Å². The molecule has 1 unspecified atom stereocenters. The largest absolute Gasteiger partial charge is 0.489 e. The molecule has 2 N–H and O–H groups in total. The van der Waals surface area contributed by atoms with Gasteiger partial charge in [0, 0.05) is 93.3 Å². The molecule has 1 atom stereocenters. The van der Waals surface area contributed by atoms with E-state index in [-0.39, 0.29) is 53.2 Å². The predicted molar refractivity (Wildman–Crippen MR) is 220 cm³/mol. The van der Waals surface area contributed by atoms with Gasteiger partial charge in [0.05, 0.1) is 21.5 Å². The van der Waals surface area contributed by atoms with E-state index in [2.05, 4.69) is 79.4 Å². The summed E-state index contributed by atoms with van der Waals surface area (Å²) >= 11 is 6.24. The van der Waals surface area contributed by atoms with Gasteiger partial charge >= 0.3 is 0 Å². The van der Waals surface area contributed by atoms with Crippen molar-refractivity contribution in [2.45, 2.75) is 71.6 Å². The number of benzene rings is 2. The van der Waals surface area contributed by atoms with Crippen molar-refractivity contribution in [1.82, 2.24) is 40.5 Å². The van der Waals surface area contributed by atoms with Crippen LogP contribution in [-0.4, -0.2) is 106 Å². The first-order valence-electron chi connectivity index (χ1n) is 20.2. The Kier molecular flexibility index (Phi) is 10.8. The Balaban J connectivity index is 0.802. The number of hydrogen-bond donors (Lipinski definition) is 2. The molecule has 59 heavy (non-hydrogen) atoms. The third kappa shape index (κ3) is 7.81. The second-order valence-electron chi connectivity index (χ2n) is 17.3. The molecule has 3 amide bonds. The Morgan fingerprint density at radius 1 is 0.949 bits per heavy atom. The van der Waals surface area contributed by atoms with Crippen molar-refractivity contribution in [2.75, 3.05) is 55.6 Å². The quantitative estimate of drug-likeness (QED) is 0.233. The third-order valence-electron chi connectivity index (χ3n) is 12.7. The van der Waals surface area contributed by atoms with Crippen molar-refractivity contribution in [3.05, 3.63) is 75.3 Å². The maximum absolute atomic E-state index is 13.4. The van der Waals surface area contributed by atoms with Crippen LogP contribution in [0.15, 0.2) is 53.6 Å². The van der Waals surface area contributed by atoms with Gasteiger partial charge in [-0.1, -0.05) is 44.5 Å². The average Bonchev–Trinajstić information content (AvgIpc) is 3.23. The number of hydrogen-bond acceptors (Lipinski definition) is 13. The highest BCUT2D eigenvalue weighted by Crippen LogP contribution is 2.55. The summed E-state index contributed by atoms with van der Waals surface area (Å²) in [6, 6.07) is 11.7. The maximum Gasteiger partial charge on any atom is 0.278 e. The van der Waals surface area contributed by atoms with Crippen LogP contribution in [0, 0.1) is 28.1 Å². The number of carbonyl (C=O) groups excluding carboxylic acids is 3. The van der Waals surface area contributed by atoms with E-state index in [0.29, 0.717) is 44.7 Å². The lowest BCUT2D eigenvalue weighted by Gasteiger charge is -2.63. The van der Waals surface area contributed by atoms with Gasteiger partial charge in [0.15, 0.2) is 0 Å². The van der Waals surface area contributed by atoms with Crippen molar-refractivity contribution < 1.29 is 19.1 Å². The summed E-state index contributed by atoms with van der Waals surface area (Å²) in [5, 5.41) is 23.7. The van der Waals surface area contributed by atoms with E-state index in [1.54, 1.807) is 36.7 Å². The molecule has 17 heteroatoms. The van der Waals surface area contributed by atoms with E-state index in [9.17, 15) is 24.4 Å². The highest BCUT2D eigenvalue weighted by Gasteiger charge is 2.64. The van der Waals surface area contributed by atoms with Crippen LogP contribution in [0.1, 0.15) is 75.3 Å². The lowest BCUT2D eigenvalue weighted by molar-refractivity contribution is -0.164. The molecule has 4 aliphatic rings. The normalized spacial score (nSPS) is 23.3. The molecule has 3 aliphatic heterocycles. The van der Waals surface area contributed by atoms with Crippen molar-refractivity contribution in [2.24, 2.45) is 16.7 Å². The molecule has 2 aromatic heterocycles. The SMILES string of the molecule is CC1(C)C(NC(=O)c2cnc(N3CCN(CC4CCN(c5ccc6nnn(C7CCC(=O)NC7=O)c(=O)c6c5)CC4)CC3)nc2)C(C)(C)C1Oc1ccc(C#N)c(Cl)c1. The number of fused-ring (bicyclic) bond motifs is 1. The Morgan fingerprint density at radius 2 is 1.66 bits per heavy atom. The fourth-order valence-electron chi connectivity index (χ4n) is 9.64. The van der Waals surface area contributed by atoms with Crippen molar-refractivity contribution >= 4 is 51.9 Å². The van der Waals surface area contributed by atoms with Crippen LogP contribution in [0.5, 0.6) is 5.75 Å². The van der Waals surface area contributed by atoms with Gasteiger partial charge in [0.25, 0.3) is 17.4 Å². The Bertz CT molecular complexity index is 2360. The molecular formula is C42H48ClN11O5. The predicted octanol–water partition coefficient (Wildman–Crippen LogP) is 3.73. The smallest absolute Gasteiger partial charge is 0.278 e. The second-order valence-corrected chi connectivity index (χ2v) is 17.7. The minimum absolute atomic E-state index is 0.149. The number of nitriles is 1. The van der Waals surface area contributed by atoms with Crippen molar-refractivity contribution in [3.63, 3.8) is 0 Å². The number of aromatic nitrogens is 5. The third-order valence-corrected chi connectivity index (χ3v) is 13.0. The van der Waals surface area contributed by atoms with Crippen LogP contribution in [0.4, 0.5) is 11.6 Å². The summed E-state index contributed by atoms with van der Waals surface area (Å²) in [5.74, 6) is 0.619. The fraction of sp³-hybridized carbons (Fsp3) is 0.500. The molecule has 2 aromatic carbocycles. The Hall–Kier alpha value is -5.66. The number of ether oxygens (including phenoxy) is 1. The Labute approximate surface area is 346 Å². The second kappa shape index (κ2) is 15.8. The average molecular weight is 822 g/mol. The van der Waals surface area contributed by atoms with Gasteiger partial charge in [0.2, 0.25) is 11.9 Å². The monoisotopic (exact) mass is 821 g/mol. The van der Waals surface area contributed by atoms with Crippen LogP contribution in [0.2, 0.25) is 5.02 Å². The molecule has 0 radical (unpaired) electrons. The molecule has 5 heterocycles. The number of halogens is 1. The number of amides is 3. The number of nitrogens with zero attached hydrogens (tertiary/aromatic N) is 9. The number of piperidine rings is 2. The summed E-state index contributed by atoms with van der Waals surface area (Å²) in [6.07, 6.45) is 5.40. The summed E-state index contributed by atoms with van der Waals surface area (Å²) in [5.41, 5.74) is 1.03. The van der Waals surface area contributed by atoms with E-state index in [1.807, 2.05) is 12.1 Å². The lowest BCUT2D eigenvalue weighted by atomic mass is 9.49. The first-order chi connectivity index (χ1) is 28.2. The minimum atomic E-state index is -0.857.